The Morgan fingerprint density at radius 2 is 1.69 bits per heavy atom. The van der Waals surface area contributed by atoms with E-state index in [1.165, 1.54) is 56.6 Å². The van der Waals surface area contributed by atoms with E-state index < -0.39 is 0 Å². The lowest BCUT2D eigenvalue weighted by atomic mass is 10.1. The normalized spacial score (nSPS) is 15.5. The van der Waals surface area contributed by atoms with Crippen LogP contribution in [0.1, 0.15) is 49.6 Å². The third-order valence-electron chi connectivity index (χ3n) is 5.38. The number of aromatic nitrogens is 1. The van der Waals surface area contributed by atoms with Gasteiger partial charge < -0.3 is 9.42 Å². The molecule has 4 heteroatoms. The molecule has 1 aliphatic rings. The van der Waals surface area contributed by atoms with Crippen molar-refractivity contribution in [3.05, 3.63) is 47.3 Å². The molecule has 1 fully saturated rings. The quantitative estimate of drug-likeness (QED) is 0.621. The van der Waals surface area contributed by atoms with Gasteiger partial charge in [0.25, 0.3) is 0 Å². The maximum Gasteiger partial charge on any atom is 0.136 e. The fraction of sp³-hybridized carbons (Fsp3) is 0.591. The molecule has 1 aromatic heterocycles. The number of benzene rings is 1. The molecule has 0 radical (unpaired) electrons. The minimum atomic E-state index is 0.935. The van der Waals surface area contributed by atoms with E-state index in [2.05, 4.69) is 59.1 Å². The van der Waals surface area contributed by atoms with Crippen LogP contribution < -0.4 is 4.90 Å². The average Bonchev–Trinajstić information content (AvgIpc) is 3.14. The van der Waals surface area contributed by atoms with Crippen molar-refractivity contribution in [2.75, 3.05) is 37.6 Å². The van der Waals surface area contributed by atoms with Gasteiger partial charge in [0.1, 0.15) is 5.76 Å². The summed E-state index contributed by atoms with van der Waals surface area (Å²) >= 11 is 0. The number of piperazine rings is 1. The standard InChI is InChI=1S/C22H33N3O/c1-3-22-18-20(23-26-22)8-6-4-5-7-13-24-14-16-25(17-15-24)21-11-9-19(2)10-12-21/h9-12,18H,3-8,13-17H2,1-2H3. The van der Waals surface area contributed by atoms with Gasteiger partial charge in [-0.05, 0) is 44.9 Å². The third kappa shape index (κ3) is 5.60. The Kier molecular flexibility index (Phi) is 7.13. The summed E-state index contributed by atoms with van der Waals surface area (Å²) in [6.07, 6.45) is 7.12. The number of hydrogen-bond acceptors (Lipinski definition) is 4. The molecular formula is C22H33N3O. The number of nitrogens with zero attached hydrogens (tertiary/aromatic N) is 3. The molecule has 26 heavy (non-hydrogen) atoms. The molecule has 1 aromatic carbocycles. The Labute approximate surface area is 158 Å². The predicted molar refractivity (Wildman–Crippen MR) is 108 cm³/mol. The van der Waals surface area contributed by atoms with Gasteiger partial charge in [-0.2, -0.15) is 0 Å². The van der Waals surface area contributed by atoms with Crippen LogP contribution in [0.2, 0.25) is 0 Å². The van der Waals surface area contributed by atoms with Gasteiger partial charge in [-0.1, -0.05) is 42.6 Å². The van der Waals surface area contributed by atoms with Crippen molar-refractivity contribution >= 4 is 5.69 Å². The molecule has 2 heterocycles. The van der Waals surface area contributed by atoms with Gasteiger partial charge in [-0.3, -0.25) is 4.90 Å². The molecule has 1 aliphatic heterocycles. The highest BCUT2D eigenvalue weighted by atomic mass is 16.5. The summed E-state index contributed by atoms with van der Waals surface area (Å²) in [7, 11) is 0. The van der Waals surface area contributed by atoms with Crippen molar-refractivity contribution in [2.24, 2.45) is 0 Å². The van der Waals surface area contributed by atoms with Crippen LogP contribution in [0.25, 0.3) is 0 Å². The van der Waals surface area contributed by atoms with Crippen LogP contribution in [-0.4, -0.2) is 42.8 Å². The molecule has 142 valence electrons. The van der Waals surface area contributed by atoms with Crippen molar-refractivity contribution in [1.82, 2.24) is 10.1 Å². The first-order valence-corrected chi connectivity index (χ1v) is 10.2. The molecule has 0 unspecified atom stereocenters. The van der Waals surface area contributed by atoms with Crippen LogP contribution >= 0.6 is 0 Å². The third-order valence-corrected chi connectivity index (χ3v) is 5.38. The van der Waals surface area contributed by atoms with Crippen LogP contribution in [0.15, 0.2) is 34.9 Å². The lowest BCUT2D eigenvalue weighted by molar-refractivity contribution is 0.252. The maximum absolute atomic E-state index is 5.26. The van der Waals surface area contributed by atoms with Crippen molar-refractivity contribution in [1.29, 1.82) is 0 Å². The molecular weight excluding hydrogens is 322 g/mol. The molecule has 3 rings (SSSR count). The van der Waals surface area contributed by atoms with Crippen LogP contribution in [0.5, 0.6) is 0 Å². The van der Waals surface area contributed by atoms with E-state index >= 15 is 0 Å². The SMILES string of the molecule is CCc1cc(CCCCCCN2CCN(c3ccc(C)cc3)CC2)no1. The van der Waals surface area contributed by atoms with E-state index in [-0.39, 0.29) is 0 Å². The average molecular weight is 356 g/mol. The fourth-order valence-corrected chi connectivity index (χ4v) is 3.62. The molecule has 0 bridgehead atoms. The molecule has 0 amide bonds. The molecule has 0 atom stereocenters. The minimum absolute atomic E-state index is 0.935. The Morgan fingerprint density at radius 3 is 2.38 bits per heavy atom. The number of rotatable bonds is 9. The van der Waals surface area contributed by atoms with Gasteiger partial charge in [0.05, 0.1) is 5.69 Å². The number of hydrogen-bond donors (Lipinski definition) is 0. The first kappa shape index (κ1) is 19.0. The summed E-state index contributed by atoms with van der Waals surface area (Å²) in [5.74, 6) is 1.00. The van der Waals surface area contributed by atoms with Gasteiger partial charge in [0, 0.05) is 44.4 Å². The largest absolute Gasteiger partial charge is 0.369 e. The van der Waals surface area contributed by atoms with Gasteiger partial charge in [0.2, 0.25) is 0 Å². The summed E-state index contributed by atoms with van der Waals surface area (Å²) in [4.78, 5) is 5.13. The second-order valence-corrected chi connectivity index (χ2v) is 7.47. The summed E-state index contributed by atoms with van der Waals surface area (Å²) in [5.41, 5.74) is 3.82. The molecule has 0 aliphatic carbocycles. The summed E-state index contributed by atoms with van der Waals surface area (Å²) in [5, 5.41) is 4.13. The Balaban J connectivity index is 1.25. The van der Waals surface area contributed by atoms with Crippen LogP contribution in [0.3, 0.4) is 0 Å². The zero-order valence-electron chi connectivity index (χ0n) is 16.4. The smallest absolute Gasteiger partial charge is 0.136 e. The first-order valence-electron chi connectivity index (χ1n) is 10.2. The van der Waals surface area contributed by atoms with E-state index in [0.29, 0.717) is 0 Å². The van der Waals surface area contributed by atoms with Gasteiger partial charge in [-0.25, -0.2) is 0 Å². The van der Waals surface area contributed by atoms with E-state index in [1.54, 1.807) is 0 Å². The topological polar surface area (TPSA) is 32.5 Å². The van der Waals surface area contributed by atoms with Crippen LogP contribution in [0, 0.1) is 6.92 Å². The van der Waals surface area contributed by atoms with Crippen molar-refractivity contribution in [3.63, 3.8) is 0 Å². The summed E-state index contributed by atoms with van der Waals surface area (Å²) in [6.45, 7) is 10.2. The van der Waals surface area contributed by atoms with E-state index in [4.69, 9.17) is 4.52 Å². The second-order valence-electron chi connectivity index (χ2n) is 7.47. The Hall–Kier alpha value is -1.81. The van der Waals surface area contributed by atoms with Gasteiger partial charge in [-0.15, -0.1) is 0 Å². The van der Waals surface area contributed by atoms with Crippen molar-refractivity contribution in [3.8, 4) is 0 Å². The highest BCUT2D eigenvalue weighted by Gasteiger charge is 2.16. The van der Waals surface area contributed by atoms with E-state index in [1.807, 2.05) is 0 Å². The predicted octanol–water partition coefficient (Wildman–Crippen LogP) is 4.47. The highest BCUT2D eigenvalue weighted by Crippen LogP contribution is 2.17. The molecule has 2 aromatic rings. The Morgan fingerprint density at radius 1 is 0.962 bits per heavy atom. The minimum Gasteiger partial charge on any atom is -0.369 e. The first-order chi connectivity index (χ1) is 12.7. The maximum atomic E-state index is 5.26. The zero-order valence-corrected chi connectivity index (χ0v) is 16.4. The number of aryl methyl sites for hydroxylation is 3. The Bertz CT molecular complexity index is 642. The van der Waals surface area contributed by atoms with Crippen LogP contribution in [0.4, 0.5) is 5.69 Å². The second kappa shape index (κ2) is 9.77. The summed E-state index contributed by atoms with van der Waals surface area (Å²) < 4.78 is 5.26. The molecule has 0 N–H and O–H groups in total. The monoisotopic (exact) mass is 355 g/mol. The molecule has 1 saturated heterocycles. The molecule has 0 spiro atoms. The molecule has 0 saturated carbocycles. The fourth-order valence-electron chi connectivity index (χ4n) is 3.62. The molecule has 4 nitrogen and oxygen atoms in total. The van der Waals surface area contributed by atoms with Crippen molar-refractivity contribution in [2.45, 2.75) is 52.4 Å². The lowest BCUT2D eigenvalue weighted by Crippen LogP contribution is -2.46. The van der Waals surface area contributed by atoms with E-state index in [0.717, 1.165) is 37.4 Å². The van der Waals surface area contributed by atoms with Crippen LogP contribution in [-0.2, 0) is 12.8 Å². The number of unbranched alkanes of at least 4 members (excludes halogenated alkanes) is 3. The zero-order chi connectivity index (χ0) is 18.2. The van der Waals surface area contributed by atoms with E-state index in [9.17, 15) is 0 Å². The van der Waals surface area contributed by atoms with Gasteiger partial charge >= 0.3 is 0 Å². The van der Waals surface area contributed by atoms with Gasteiger partial charge in [0.15, 0.2) is 0 Å². The highest BCUT2D eigenvalue weighted by molar-refractivity contribution is 5.47. The number of anilines is 1. The summed E-state index contributed by atoms with van der Waals surface area (Å²) in [6, 6.07) is 11.0. The van der Waals surface area contributed by atoms with Crippen molar-refractivity contribution < 1.29 is 4.52 Å². The lowest BCUT2D eigenvalue weighted by Gasteiger charge is -2.36.